The van der Waals surface area contributed by atoms with Gasteiger partial charge in [-0.25, -0.2) is 8.78 Å². The molecular weight excluding hydrogens is 244 g/mol. The van der Waals surface area contributed by atoms with E-state index in [1.165, 1.54) is 17.7 Å². The fourth-order valence-electron chi connectivity index (χ4n) is 2.23. The molecule has 0 amide bonds. The standard InChI is InChI=1S/C16H17F2N/c1-3-11-5-4-6-12(9-11)16(19-2)14-8-7-13(17)10-15(14)18/h4-10,16,19H,3H2,1-2H3. The Labute approximate surface area is 112 Å². The van der Waals surface area contributed by atoms with Crippen molar-refractivity contribution >= 4 is 0 Å². The molecule has 1 N–H and O–H groups in total. The molecule has 0 aliphatic heterocycles. The lowest BCUT2D eigenvalue weighted by atomic mass is 9.96. The minimum Gasteiger partial charge on any atom is -0.309 e. The van der Waals surface area contributed by atoms with Crippen LogP contribution >= 0.6 is 0 Å². The monoisotopic (exact) mass is 261 g/mol. The van der Waals surface area contributed by atoms with Crippen molar-refractivity contribution in [2.24, 2.45) is 0 Å². The molecule has 2 aromatic carbocycles. The SMILES string of the molecule is CCc1cccc(C(NC)c2ccc(F)cc2F)c1. The summed E-state index contributed by atoms with van der Waals surface area (Å²) in [5, 5.41) is 3.08. The number of nitrogens with one attached hydrogen (secondary N) is 1. The van der Waals surface area contributed by atoms with E-state index in [2.05, 4.69) is 12.2 Å². The first-order valence-corrected chi connectivity index (χ1v) is 6.36. The van der Waals surface area contributed by atoms with Crippen LogP contribution in [0.5, 0.6) is 0 Å². The van der Waals surface area contributed by atoms with Crippen LogP contribution in [-0.2, 0) is 6.42 Å². The highest BCUT2D eigenvalue weighted by molar-refractivity contribution is 5.35. The van der Waals surface area contributed by atoms with Gasteiger partial charge in [0.2, 0.25) is 0 Å². The maximum Gasteiger partial charge on any atom is 0.131 e. The van der Waals surface area contributed by atoms with Crippen LogP contribution in [0.25, 0.3) is 0 Å². The molecule has 1 atom stereocenters. The van der Waals surface area contributed by atoms with Crippen molar-refractivity contribution in [3.63, 3.8) is 0 Å². The van der Waals surface area contributed by atoms with E-state index < -0.39 is 11.6 Å². The summed E-state index contributed by atoms with van der Waals surface area (Å²) in [5.74, 6) is -1.08. The third-order valence-corrected chi connectivity index (χ3v) is 3.25. The lowest BCUT2D eigenvalue weighted by Gasteiger charge is -2.18. The Morgan fingerprint density at radius 2 is 1.89 bits per heavy atom. The minimum atomic E-state index is -0.557. The molecule has 0 aliphatic rings. The summed E-state index contributed by atoms with van der Waals surface area (Å²) >= 11 is 0. The molecule has 0 saturated carbocycles. The quantitative estimate of drug-likeness (QED) is 0.881. The Kier molecular flexibility index (Phi) is 4.27. The highest BCUT2D eigenvalue weighted by Crippen LogP contribution is 2.25. The predicted octanol–water partition coefficient (Wildman–Crippen LogP) is 3.84. The number of aryl methyl sites for hydroxylation is 1. The summed E-state index contributed by atoms with van der Waals surface area (Å²) in [4.78, 5) is 0. The predicted molar refractivity (Wildman–Crippen MR) is 73.1 cm³/mol. The van der Waals surface area contributed by atoms with Gasteiger partial charge in [-0.1, -0.05) is 37.3 Å². The van der Waals surface area contributed by atoms with E-state index in [0.717, 1.165) is 18.1 Å². The van der Waals surface area contributed by atoms with Crippen molar-refractivity contribution in [1.29, 1.82) is 0 Å². The number of benzene rings is 2. The number of hydrogen-bond donors (Lipinski definition) is 1. The molecule has 0 heterocycles. The van der Waals surface area contributed by atoms with Crippen molar-refractivity contribution in [3.8, 4) is 0 Å². The molecule has 19 heavy (non-hydrogen) atoms. The van der Waals surface area contributed by atoms with Crippen molar-refractivity contribution in [1.82, 2.24) is 5.32 Å². The molecule has 2 rings (SSSR count). The molecule has 0 saturated heterocycles. The molecule has 2 aromatic rings. The molecular formula is C16H17F2N. The first kappa shape index (κ1) is 13.7. The summed E-state index contributed by atoms with van der Waals surface area (Å²) in [6, 6.07) is 11.4. The second-order valence-corrected chi connectivity index (χ2v) is 4.49. The molecule has 3 heteroatoms. The molecule has 0 aromatic heterocycles. The molecule has 0 spiro atoms. The van der Waals surface area contributed by atoms with Crippen LogP contribution in [0.4, 0.5) is 8.78 Å². The third kappa shape index (κ3) is 2.99. The van der Waals surface area contributed by atoms with Gasteiger partial charge in [0.25, 0.3) is 0 Å². The van der Waals surface area contributed by atoms with E-state index >= 15 is 0 Å². The second kappa shape index (κ2) is 5.93. The second-order valence-electron chi connectivity index (χ2n) is 4.49. The average Bonchev–Trinajstić information content (AvgIpc) is 2.42. The lowest BCUT2D eigenvalue weighted by molar-refractivity contribution is 0.551. The Morgan fingerprint density at radius 3 is 2.53 bits per heavy atom. The molecule has 0 fully saturated rings. The van der Waals surface area contributed by atoms with Crippen LogP contribution in [0.1, 0.15) is 29.7 Å². The Bertz CT molecular complexity index is 566. The van der Waals surface area contributed by atoms with Crippen LogP contribution in [0.2, 0.25) is 0 Å². The number of halogens is 2. The zero-order valence-corrected chi connectivity index (χ0v) is 11.1. The van der Waals surface area contributed by atoms with Gasteiger partial charge in [0.1, 0.15) is 11.6 Å². The summed E-state index contributed by atoms with van der Waals surface area (Å²) < 4.78 is 26.9. The normalized spacial score (nSPS) is 12.4. The fourth-order valence-corrected chi connectivity index (χ4v) is 2.23. The Hall–Kier alpha value is -1.74. The average molecular weight is 261 g/mol. The number of rotatable bonds is 4. The third-order valence-electron chi connectivity index (χ3n) is 3.25. The highest BCUT2D eigenvalue weighted by Gasteiger charge is 2.16. The van der Waals surface area contributed by atoms with Gasteiger partial charge in [-0.3, -0.25) is 0 Å². The smallest absolute Gasteiger partial charge is 0.131 e. The van der Waals surface area contributed by atoms with Gasteiger partial charge in [0.15, 0.2) is 0 Å². The summed E-state index contributed by atoms with van der Waals surface area (Å²) in [6.07, 6.45) is 0.927. The highest BCUT2D eigenvalue weighted by atomic mass is 19.1. The molecule has 0 radical (unpaired) electrons. The van der Waals surface area contributed by atoms with Crippen LogP contribution < -0.4 is 5.32 Å². The summed E-state index contributed by atoms with van der Waals surface area (Å²) in [5.41, 5.74) is 2.63. The van der Waals surface area contributed by atoms with E-state index in [4.69, 9.17) is 0 Å². The van der Waals surface area contributed by atoms with Gasteiger partial charge < -0.3 is 5.32 Å². The van der Waals surface area contributed by atoms with Gasteiger partial charge in [0.05, 0.1) is 6.04 Å². The van der Waals surface area contributed by atoms with E-state index in [1.54, 1.807) is 7.05 Å². The zero-order chi connectivity index (χ0) is 13.8. The maximum absolute atomic E-state index is 13.9. The first-order valence-electron chi connectivity index (χ1n) is 6.36. The zero-order valence-electron chi connectivity index (χ0n) is 11.1. The topological polar surface area (TPSA) is 12.0 Å². The van der Waals surface area contributed by atoms with Crippen LogP contribution in [0, 0.1) is 11.6 Å². The first-order chi connectivity index (χ1) is 9.15. The van der Waals surface area contributed by atoms with Crippen LogP contribution in [0.15, 0.2) is 42.5 Å². The van der Waals surface area contributed by atoms with E-state index in [0.29, 0.717) is 5.56 Å². The van der Waals surface area contributed by atoms with Crippen molar-refractivity contribution in [2.45, 2.75) is 19.4 Å². The van der Waals surface area contributed by atoms with Crippen LogP contribution in [0.3, 0.4) is 0 Å². The van der Waals surface area contributed by atoms with Gasteiger partial charge in [0, 0.05) is 11.6 Å². The summed E-state index contributed by atoms with van der Waals surface area (Å²) in [6.45, 7) is 2.08. The molecule has 1 unspecified atom stereocenters. The van der Waals surface area contributed by atoms with E-state index in [9.17, 15) is 8.78 Å². The van der Waals surface area contributed by atoms with Crippen molar-refractivity contribution in [3.05, 3.63) is 70.8 Å². The largest absolute Gasteiger partial charge is 0.309 e. The summed E-state index contributed by atoms with van der Waals surface area (Å²) in [7, 11) is 1.77. The maximum atomic E-state index is 13.9. The van der Waals surface area contributed by atoms with Crippen LogP contribution in [-0.4, -0.2) is 7.05 Å². The van der Waals surface area contributed by atoms with Gasteiger partial charge in [-0.15, -0.1) is 0 Å². The molecule has 0 aliphatic carbocycles. The Morgan fingerprint density at radius 1 is 1.11 bits per heavy atom. The minimum absolute atomic E-state index is 0.271. The molecule has 100 valence electrons. The van der Waals surface area contributed by atoms with Crippen molar-refractivity contribution in [2.75, 3.05) is 7.05 Å². The van der Waals surface area contributed by atoms with E-state index in [-0.39, 0.29) is 6.04 Å². The van der Waals surface area contributed by atoms with Gasteiger partial charge >= 0.3 is 0 Å². The molecule has 1 nitrogen and oxygen atoms in total. The van der Waals surface area contributed by atoms with E-state index in [1.807, 2.05) is 24.3 Å². The number of hydrogen-bond acceptors (Lipinski definition) is 1. The van der Waals surface area contributed by atoms with Crippen molar-refractivity contribution < 1.29 is 8.78 Å². The van der Waals surface area contributed by atoms with Gasteiger partial charge in [-0.2, -0.15) is 0 Å². The lowest BCUT2D eigenvalue weighted by Crippen LogP contribution is -2.19. The molecule has 0 bridgehead atoms. The van der Waals surface area contributed by atoms with Gasteiger partial charge in [-0.05, 0) is 30.7 Å². The fraction of sp³-hybridized carbons (Fsp3) is 0.250. The Balaban J connectivity index is 2.43.